The lowest BCUT2D eigenvalue weighted by molar-refractivity contribution is 0.316. The molecule has 0 unspecified atom stereocenters. The highest BCUT2D eigenvalue weighted by atomic mass is 14.5. The van der Waals surface area contributed by atoms with Crippen molar-refractivity contribution in [1.29, 1.82) is 5.26 Å². The molecule has 0 amide bonds. The van der Waals surface area contributed by atoms with Crippen LogP contribution in [0.3, 0.4) is 0 Å². The predicted octanol–water partition coefficient (Wildman–Crippen LogP) is 3.11. The number of hydrogen-bond donors (Lipinski definition) is 0. The van der Waals surface area contributed by atoms with Gasteiger partial charge in [0.05, 0.1) is 11.6 Å². The van der Waals surface area contributed by atoms with Gasteiger partial charge in [0, 0.05) is 11.8 Å². The molecule has 0 heterocycles. The van der Waals surface area contributed by atoms with E-state index in [0.29, 0.717) is 23.7 Å². The van der Waals surface area contributed by atoms with Crippen LogP contribution in [0.5, 0.6) is 0 Å². The van der Waals surface area contributed by atoms with Crippen LogP contribution in [0.25, 0.3) is 0 Å². The molecule has 0 aromatic heterocycles. The van der Waals surface area contributed by atoms with Gasteiger partial charge >= 0.3 is 0 Å². The van der Waals surface area contributed by atoms with Gasteiger partial charge in [-0.1, -0.05) is 36.4 Å². The summed E-state index contributed by atoms with van der Waals surface area (Å²) < 4.78 is 0. The highest BCUT2D eigenvalue weighted by Crippen LogP contribution is 2.57. The Bertz CT molecular complexity index is 574. The maximum absolute atomic E-state index is 9.20. The van der Waals surface area contributed by atoms with Crippen LogP contribution in [0.15, 0.2) is 42.5 Å². The van der Waals surface area contributed by atoms with Crippen molar-refractivity contribution in [1.82, 2.24) is 0 Å². The monoisotopic (exact) mass is 205 g/mol. The lowest BCUT2D eigenvalue weighted by Gasteiger charge is -2.48. The minimum absolute atomic E-state index is 0.450. The molecule has 1 aromatic rings. The molecule has 0 aliphatic heterocycles. The van der Waals surface area contributed by atoms with Crippen LogP contribution < -0.4 is 0 Å². The molecule has 16 heavy (non-hydrogen) atoms. The van der Waals surface area contributed by atoms with Crippen LogP contribution in [0, 0.1) is 23.2 Å². The summed E-state index contributed by atoms with van der Waals surface area (Å²) in [6, 6.07) is 8.50. The lowest BCUT2D eigenvalue weighted by Crippen LogP contribution is -2.38. The Kier molecular flexibility index (Phi) is 1.38. The summed E-state index contributed by atoms with van der Waals surface area (Å²) in [6.45, 7) is 0. The van der Waals surface area contributed by atoms with Crippen molar-refractivity contribution >= 4 is 0 Å². The van der Waals surface area contributed by atoms with Crippen molar-refractivity contribution < 1.29 is 0 Å². The summed E-state index contributed by atoms with van der Waals surface area (Å²) in [5.74, 6) is 2.31. The van der Waals surface area contributed by atoms with E-state index in [1.54, 1.807) is 0 Å². The minimum Gasteiger partial charge on any atom is -0.192 e. The summed E-state index contributed by atoms with van der Waals surface area (Å²) in [7, 11) is 0. The number of benzene rings is 1. The fourth-order valence-electron chi connectivity index (χ4n) is 3.52. The maximum atomic E-state index is 9.20. The van der Waals surface area contributed by atoms with E-state index >= 15 is 0 Å². The van der Waals surface area contributed by atoms with Gasteiger partial charge in [-0.2, -0.15) is 5.26 Å². The smallest absolute Gasteiger partial charge is 0.0994 e. The summed E-state index contributed by atoms with van der Waals surface area (Å²) in [5, 5.41) is 9.20. The van der Waals surface area contributed by atoms with E-state index in [1.165, 1.54) is 11.1 Å². The van der Waals surface area contributed by atoms with Gasteiger partial charge in [-0.05, 0) is 29.0 Å². The number of nitriles is 1. The Balaban J connectivity index is 2.02. The molecular weight excluding hydrogens is 194 g/mol. The average molecular weight is 205 g/mol. The second kappa shape index (κ2) is 2.65. The molecule has 76 valence electrons. The van der Waals surface area contributed by atoms with Gasteiger partial charge in [0.2, 0.25) is 0 Å². The lowest BCUT2D eigenvalue weighted by atomic mass is 9.55. The van der Waals surface area contributed by atoms with Crippen LogP contribution in [0.2, 0.25) is 0 Å². The van der Waals surface area contributed by atoms with Gasteiger partial charge in [-0.25, -0.2) is 0 Å². The first-order valence-corrected chi connectivity index (χ1v) is 5.79. The maximum Gasteiger partial charge on any atom is 0.0994 e. The third-order valence-corrected chi connectivity index (χ3v) is 4.31. The first-order valence-electron chi connectivity index (χ1n) is 5.79. The number of allylic oxidation sites excluding steroid dienone is 4. The molecule has 1 nitrogen and oxygen atoms in total. The Morgan fingerprint density at radius 2 is 1.69 bits per heavy atom. The standard InChI is InChI=1S/C15H11N/c16-8-9-2-1-3-13-11-6-7-14(15(9)13)12-5-4-10(11)12/h1-7,10-12,14H/t10-,11-,12-,14-/m0/s1. The summed E-state index contributed by atoms with van der Waals surface area (Å²) in [4.78, 5) is 0. The van der Waals surface area contributed by atoms with E-state index < -0.39 is 0 Å². The first-order chi connectivity index (χ1) is 7.90. The zero-order valence-corrected chi connectivity index (χ0v) is 8.80. The van der Waals surface area contributed by atoms with Crippen molar-refractivity contribution in [2.75, 3.05) is 0 Å². The van der Waals surface area contributed by atoms with Crippen molar-refractivity contribution in [2.24, 2.45) is 11.8 Å². The second-order valence-corrected chi connectivity index (χ2v) is 4.90. The molecule has 2 bridgehead atoms. The van der Waals surface area contributed by atoms with E-state index in [2.05, 4.69) is 36.4 Å². The Morgan fingerprint density at radius 3 is 2.44 bits per heavy atom. The third kappa shape index (κ3) is 0.782. The Hall–Kier alpha value is -1.81. The molecule has 1 heteroatoms. The molecule has 0 N–H and O–H groups in total. The van der Waals surface area contributed by atoms with Gasteiger partial charge < -0.3 is 0 Å². The zero-order valence-electron chi connectivity index (χ0n) is 8.80. The fourth-order valence-corrected chi connectivity index (χ4v) is 3.52. The predicted molar refractivity (Wildman–Crippen MR) is 61.9 cm³/mol. The van der Waals surface area contributed by atoms with Crippen molar-refractivity contribution in [2.45, 2.75) is 11.8 Å². The van der Waals surface area contributed by atoms with E-state index in [4.69, 9.17) is 0 Å². The van der Waals surface area contributed by atoms with Crippen LogP contribution >= 0.6 is 0 Å². The Labute approximate surface area is 94.7 Å². The summed E-state index contributed by atoms with van der Waals surface area (Å²) in [5.41, 5.74) is 3.55. The third-order valence-electron chi connectivity index (χ3n) is 4.31. The molecule has 0 fully saturated rings. The van der Waals surface area contributed by atoms with Crippen molar-refractivity contribution in [3.8, 4) is 6.07 Å². The quantitative estimate of drug-likeness (QED) is 0.597. The molecule has 0 saturated heterocycles. The topological polar surface area (TPSA) is 23.8 Å². The Morgan fingerprint density at radius 1 is 0.938 bits per heavy atom. The van der Waals surface area contributed by atoms with Gasteiger partial charge in [-0.3, -0.25) is 0 Å². The van der Waals surface area contributed by atoms with E-state index in [1.807, 2.05) is 12.1 Å². The molecular formula is C15H11N. The first kappa shape index (κ1) is 8.35. The van der Waals surface area contributed by atoms with Gasteiger partial charge in [0.25, 0.3) is 0 Å². The number of hydrogen-bond acceptors (Lipinski definition) is 1. The van der Waals surface area contributed by atoms with Gasteiger partial charge in [-0.15, -0.1) is 0 Å². The van der Waals surface area contributed by atoms with E-state index in [9.17, 15) is 5.26 Å². The SMILES string of the molecule is N#Cc1cccc2c1[C@H]1C=C[C@H]2[C@@H]2C=C[C@@H]21. The summed E-state index contributed by atoms with van der Waals surface area (Å²) in [6.07, 6.45) is 9.27. The van der Waals surface area contributed by atoms with Crippen LogP contribution in [-0.2, 0) is 0 Å². The van der Waals surface area contributed by atoms with Crippen molar-refractivity contribution in [3.05, 3.63) is 59.2 Å². The molecule has 5 rings (SSSR count). The fraction of sp³-hybridized carbons (Fsp3) is 0.267. The zero-order chi connectivity index (χ0) is 10.7. The number of nitrogens with zero attached hydrogens (tertiary/aromatic N) is 1. The van der Waals surface area contributed by atoms with Crippen LogP contribution in [-0.4, -0.2) is 0 Å². The normalized spacial score (nSPS) is 36.2. The molecule has 0 spiro atoms. The van der Waals surface area contributed by atoms with Crippen LogP contribution in [0.4, 0.5) is 0 Å². The van der Waals surface area contributed by atoms with Gasteiger partial charge in [0.15, 0.2) is 0 Å². The van der Waals surface area contributed by atoms with Gasteiger partial charge in [0.1, 0.15) is 0 Å². The molecule has 4 atom stereocenters. The molecule has 0 radical (unpaired) electrons. The summed E-state index contributed by atoms with van der Waals surface area (Å²) >= 11 is 0. The molecule has 1 aromatic carbocycles. The highest BCUT2D eigenvalue weighted by molar-refractivity contribution is 5.56. The highest BCUT2D eigenvalue weighted by Gasteiger charge is 2.45. The van der Waals surface area contributed by atoms with E-state index in [0.717, 1.165) is 5.56 Å². The average Bonchev–Trinajstić information content (AvgIpc) is 2.28. The molecule has 4 aliphatic carbocycles. The van der Waals surface area contributed by atoms with Crippen LogP contribution in [0.1, 0.15) is 28.5 Å². The molecule has 0 saturated carbocycles. The largest absolute Gasteiger partial charge is 0.192 e. The molecule has 4 aliphatic rings. The minimum atomic E-state index is 0.450. The number of rotatable bonds is 0. The second-order valence-electron chi connectivity index (χ2n) is 4.90. The van der Waals surface area contributed by atoms with Crippen molar-refractivity contribution in [3.63, 3.8) is 0 Å². The van der Waals surface area contributed by atoms with E-state index in [-0.39, 0.29) is 0 Å².